The van der Waals surface area contributed by atoms with Gasteiger partial charge in [0.2, 0.25) is 0 Å². The van der Waals surface area contributed by atoms with E-state index in [1.54, 1.807) is 42.6 Å². The second-order valence-electron chi connectivity index (χ2n) is 3.70. The lowest BCUT2D eigenvalue weighted by Crippen LogP contribution is -2.02. The Labute approximate surface area is 110 Å². The van der Waals surface area contributed by atoms with Crippen LogP contribution in [0.5, 0.6) is 0 Å². The van der Waals surface area contributed by atoms with Gasteiger partial charge in [-0.1, -0.05) is 41.9 Å². The Kier molecular flexibility index (Phi) is 3.75. The third kappa shape index (κ3) is 2.96. The van der Waals surface area contributed by atoms with Gasteiger partial charge in [0.1, 0.15) is 5.15 Å². The first-order valence-corrected chi connectivity index (χ1v) is 5.73. The molecule has 0 bridgehead atoms. The summed E-state index contributed by atoms with van der Waals surface area (Å²) in [6.45, 7) is 0. The van der Waals surface area contributed by atoms with Crippen LogP contribution in [0.3, 0.4) is 0 Å². The molecular weight excluding hydrogens is 248 g/mol. The number of halogens is 1. The predicted octanol–water partition coefficient (Wildman–Crippen LogP) is 2.92. The third-order valence-corrected chi connectivity index (χ3v) is 2.61. The van der Waals surface area contributed by atoms with Crippen molar-refractivity contribution in [3.8, 4) is 0 Å². The molecule has 0 aliphatic rings. The predicted molar refractivity (Wildman–Crippen MR) is 72.2 cm³/mol. The Morgan fingerprint density at radius 2 is 1.89 bits per heavy atom. The highest BCUT2D eigenvalue weighted by atomic mass is 35.5. The summed E-state index contributed by atoms with van der Waals surface area (Å²) in [6, 6.07) is 12.3. The van der Waals surface area contributed by atoms with E-state index in [2.05, 4.69) is 4.98 Å². The van der Waals surface area contributed by atoms with E-state index in [9.17, 15) is 4.79 Å². The molecule has 0 saturated carbocycles. The first-order valence-electron chi connectivity index (χ1n) is 5.35. The number of aromatic nitrogens is 1. The molecule has 0 aliphatic carbocycles. The number of hydrogen-bond donors (Lipinski definition) is 1. The van der Waals surface area contributed by atoms with E-state index in [-0.39, 0.29) is 5.78 Å². The maximum absolute atomic E-state index is 11.9. The van der Waals surface area contributed by atoms with Gasteiger partial charge in [0.15, 0.2) is 5.78 Å². The van der Waals surface area contributed by atoms with Crippen molar-refractivity contribution in [2.75, 3.05) is 0 Å². The molecule has 0 aliphatic heterocycles. The average molecular weight is 259 g/mol. The number of allylic oxidation sites excluding steroid dienone is 1. The lowest BCUT2D eigenvalue weighted by molar-refractivity contribution is 0.104. The molecule has 0 unspecified atom stereocenters. The van der Waals surface area contributed by atoms with Crippen LogP contribution in [0.4, 0.5) is 0 Å². The maximum Gasteiger partial charge on any atom is 0.187 e. The van der Waals surface area contributed by atoms with Crippen LogP contribution in [0.25, 0.3) is 5.70 Å². The van der Waals surface area contributed by atoms with Crippen LogP contribution in [-0.4, -0.2) is 10.8 Å². The minimum Gasteiger partial charge on any atom is -0.398 e. The van der Waals surface area contributed by atoms with Crippen molar-refractivity contribution in [2.24, 2.45) is 5.73 Å². The van der Waals surface area contributed by atoms with E-state index in [1.165, 1.54) is 6.08 Å². The Morgan fingerprint density at radius 1 is 1.17 bits per heavy atom. The van der Waals surface area contributed by atoms with Crippen molar-refractivity contribution >= 4 is 23.1 Å². The van der Waals surface area contributed by atoms with Gasteiger partial charge < -0.3 is 5.73 Å². The van der Waals surface area contributed by atoms with Crippen LogP contribution in [0.1, 0.15) is 15.9 Å². The monoisotopic (exact) mass is 258 g/mol. The molecule has 4 heteroatoms. The van der Waals surface area contributed by atoms with Crippen LogP contribution < -0.4 is 5.73 Å². The second kappa shape index (κ2) is 5.47. The minimum atomic E-state index is -0.138. The molecule has 1 heterocycles. The Bertz CT molecular complexity index is 594. The standard InChI is InChI=1S/C14H11ClN2O/c15-14-8-11(6-7-17-14)12(16)9-13(18)10-4-2-1-3-5-10/h1-9H,16H2/b12-9-. The molecule has 2 N–H and O–H groups in total. The van der Waals surface area contributed by atoms with E-state index >= 15 is 0 Å². The molecule has 0 amide bonds. The summed E-state index contributed by atoms with van der Waals surface area (Å²) < 4.78 is 0. The first-order chi connectivity index (χ1) is 8.66. The molecule has 18 heavy (non-hydrogen) atoms. The maximum atomic E-state index is 11.9. The SMILES string of the molecule is N/C(=C\C(=O)c1ccccc1)c1ccnc(Cl)c1. The summed E-state index contributed by atoms with van der Waals surface area (Å²) in [5.74, 6) is -0.138. The molecule has 0 fully saturated rings. The molecule has 1 aromatic carbocycles. The molecular formula is C14H11ClN2O. The van der Waals surface area contributed by atoms with Crippen molar-refractivity contribution in [3.63, 3.8) is 0 Å². The van der Waals surface area contributed by atoms with Gasteiger partial charge in [0.05, 0.1) is 0 Å². The summed E-state index contributed by atoms with van der Waals surface area (Å²) in [4.78, 5) is 15.8. The smallest absolute Gasteiger partial charge is 0.187 e. The summed E-state index contributed by atoms with van der Waals surface area (Å²) in [6.07, 6.45) is 2.94. The first kappa shape index (κ1) is 12.3. The molecule has 0 saturated heterocycles. The molecule has 2 aromatic rings. The second-order valence-corrected chi connectivity index (χ2v) is 4.08. The summed E-state index contributed by atoms with van der Waals surface area (Å²) >= 11 is 5.76. The van der Waals surface area contributed by atoms with Gasteiger partial charge in [-0.3, -0.25) is 4.79 Å². The van der Waals surface area contributed by atoms with Gasteiger partial charge in [-0.05, 0) is 12.1 Å². The van der Waals surface area contributed by atoms with Crippen LogP contribution >= 0.6 is 11.6 Å². The highest BCUT2D eigenvalue weighted by Crippen LogP contribution is 2.13. The van der Waals surface area contributed by atoms with Gasteiger partial charge in [-0.15, -0.1) is 0 Å². The van der Waals surface area contributed by atoms with Crippen molar-refractivity contribution < 1.29 is 4.79 Å². The lowest BCUT2D eigenvalue weighted by atomic mass is 10.1. The number of benzene rings is 1. The molecule has 2 rings (SSSR count). The fraction of sp³-hybridized carbons (Fsp3) is 0. The van der Waals surface area contributed by atoms with Crippen LogP contribution in [-0.2, 0) is 0 Å². The van der Waals surface area contributed by atoms with Gasteiger partial charge >= 0.3 is 0 Å². The zero-order valence-electron chi connectivity index (χ0n) is 9.51. The quantitative estimate of drug-likeness (QED) is 0.523. The topological polar surface area (TPSA) is 56.0 Å². The van der Waals surface area contributed by atoms with Gasteiger partial charge in [-0.25, -0.2) is 4.98 Å². The molecule has 0 radical (unpaired) electrons. The highest BCUT2D eigenvalue weighted by molar-refractivity contribution is 6.29. The molecule has 1 aromatic heterocycles. The van der Waals surface area contributed by atoms with Gasteiger partial charge in [-0.2, -0.15) is 0 Å². The molecule has 0 spiro atoms. The van der Waals surface area contributed by atoms with E-state index in [1.807, 2.05) is 6.07 Å². The minimum absolute atomic E-state index is 0.138. The molecule has 0 atom stereocenters. The van der Waals surface area contributed by atoms with Gasteiger partial charge in [0, 0.05) is 29.1 Å². The number of carbonyl (C=O) groups excluding carboxylic acids is 1. The number of hydrogen-bond acceptors (Lipinski definition) is 3. The van der Waals surface area contributed by atoms with E-state index in [0.29, 0.717) is 22.0 Å². The van der Waals surface area contributed by atoms with E-state index < -0.39 is 0 Å². The fourth-order valence-electron chi connectivity index (χ4n) is 1.49. The Hall–Kier alpha value is -2.13. The molecule has 90 valence electrons. The Balaban J connectivity index is 2.26. The summed E-state index contributed by atoms with van der Waals surface area (Å²) in [5, 5.41) is 0.344. The zero-order valence-corrected chi connectivity index (χ0v) is 10.3. The number of pyridine rings is 1. The zero-order chi connectivity index (χ0) is 13.0. The van der Waals surface area contributed by atoms with Crippen LogP contribution in [0.2, 0.25) is 5.15 Å². The number of carbonyl (C=O) groups is 1. The van der Waals surface area contributed by atoms with Gasteiger partial charge in [0.25, 0.3) is 0 Å². The van der Waals surface area contributed by atoms with E-state index in [4.69, 9.17) is 17.3 Å². The highest BCUT2D eigenvalue weighted by Gasteiger charge is 2.04. The number of rotatable bonds is 3. The Morgan fingerprint density at radius 3 is 2.56 bits per heavy atom. The summed E-state index contributed by atoms with van der Waals surface area (Å²) in [5.41, 5.74) is 7.50. The lowest BCUT2D eigenvalue weighted by Gasteiger charge is -2.02. The van der Waals surface area contributed by atoms with Crippen molar-refractivity contribution in [2.45, 2.75) is 0 Å². The van der Waals surface area contributed by atoms with Crippen molar-refractivity contribution in [1.82, 2.24) is 4.98 Å². The fourth-order valence-corrected chi connectivity index (χ4v) is 1.67. The van der Waals surface area contributed by atoms with Crippen LogP contribution in [0.15, 0.2) is 54.7 Å². The third-order valence-electron chi connectivity index (χ3n) is 2.40. The van der Waals surface area contributed by atoms with Crippen molar-refractivity contribution in [1.29, 1.82) is 0 Å². The molecule has 3 nitrogen and oxygen atoms in total. The largest absolute Gasteiger partial charge is 0.398 e. The van der Waals surface area contributed by atoms with Crippen LogP contribution in [0, 0.1) is 0 Å². The van der Waals surface area contributed by atoms with E-state index in [0.717, 1.165) is 0 Å². The number of nitrogens with zero attached hydrogens (tertiary/aromatic N) is 1. The average Bonchev–Trinajstić information content (AvgIpc) is 2.39. The normalized spacial score (nSPS) is 11.3. The number of ketones is 1. The number of nitrogens with two attached hydrogens (primary N) is 1. The summed E-state index contributed by atoms with van der Waals surface area (Å²) in [7, 11) is 0. The van der Waals surface area contributed by atoms with Crippen molar-refractivity contribution in [3.05, 3.63) is 71.0 Å².